The zero-order chi connectivity index (χ0) is 13.3. The number of hydrogen-bond acceptors (Lipinski definition) is 5. The number of primary amides is 1. The van der Waals surface area contributed by atoms with Crippen LogP contribution in [0.25, 0.3) is 0 Å². The average molecular weight is 261 g/mol. The van der Waals surface area contributed by atoms with Gasteiger partial charge < -0.3 is 19.0 Å². The van der Waals surface area contributed by atoms with Crippen molar-refractivity contribution in [2.45, 2.75) is 18.9 Å². The van der Waals surface area contributed by atoms with Crippen LogP contribution in [0.3, 0.4) is 0 Å². The van der Waals surface area contributed by atoms with Gasteiger partial charge in [0.1, 0.15) is 6.61 Å². The first-order valence-corrected chi connectivity index (χ1v) is 7.10. The smallest absolute Gasteiger partial charge is 0.377 e. The molecule has 17 heavy (non-hydrogen) atoms. The molecule has 0 radical (unpaired) electrons. The molecule has 0 aromatic heterocycles. The molecule has 0 atom stereocenters. The fraction of sp³-hybridized carbons (Fsp3) is 0.600. The first-order chi connectivity index (χ1) is 7.99. The number of ketones is 1. The fourth-order valence-electron chi connectivity index (χ4n) is 1.24. The summed E-state index contributed by atoms with van der Waals surface area (Å²) in [7, 11) is 0.0277. The highest BCUT2D eigenvalue weighted by molar-refractivity contribution is 6.60. The standard InChI is InChI=1S/C10H19NO5Si/c1-4-9(12)6-5-7-17(14-2,15-3)16-8-10(11)13/h4H,1,5-8H2,2-3H3,(H2,11,13). The third-order valence-corrected chi connectivity index (χ3v) is 4.98. The van der Waals surface area contributed by atoms with E-state index in [-0.39, 0.29) is 12.4 Å². The molecule has 0 aromatic rings. The Morgan fingerprint density at radius 3 is 2.35 bits per heavy atom. The number of amides is 1. The molecule has 0 saturated carbocycles. The van der Waals surface area contributed by atoms with Crippen molar-refractivity contribution in [1.29, 1.82) is 0 Å². The van der Waals surface area contributed by atoms with Crippen molar-refractivity contribution in [3.05, 3.63) is 12.7 Å². The largest absolute Gasteiger partial charge is 0.500 e. The molecule has 0 bridgehead atoms. The van der Waals surface area contributed by atoms with Crippen molar-refractivity contribution in [2.24, 2.45) is 5.73 Å². The first-order valence-electron chi connectivity index (χ1n) is 5.17. The van der Waals surface area contributed by atoms with Crippen LogP contribution in [-0.2, 0) is 22.9 Å². The molecule has 0 fully saturated rings. The molecule has 7 heteroatoms. The van der Waals surface area contributed by atoms with Crippen LogP contribution in [0.15, 0.2) is 12.7 Å². The van der Waals surface area contributed by atoms with Gasteiger partial charge in [-0.15, -0.1) is 0 Å². The number of allylic oxidation sites excluding steroid dienone is 1. The van der Waals surface area contributed by atoms with E-state index in [0.29, 0.717) is 18.9 Å². The second-order valence-corrected chi connectivity index (χ2v) is 6.34. The van der Waals surface area contributed by atoms with Crippen LogP contribution in [0, 0.1) is 0 Å². The Morgan fingerprint density at radius 2 is 1.94 bits per heavy atom. The van der Waals surface area contributed by atoms with Crippen molar-refractivity contribution in [3.8, 4) is 0 Å². The predicted octanol–water partition coefficient (Wildman–Crippen LogP) is 0.255. The summed E-state index contributed by atoms with van der Waals surface area (Å²) in [4.78, 5) is 21.7. The number of carbonyl (C=O) groups is 2. The lowest BCUT2D eigenvalue weighted by atomic mass is 10.2. The van der Waals surface area contributed by atoms with E-state index in [9.17, 15) is 9.59 Å². The van der Waals surface area contributed by atoms with Crippen LogP contribution in [0.2, 0.25) is 6.04 Å². The third-order valence-electron chi connectivity index (χ3n) is 2.19. The van der Waals surface area contributed by atoms with Gasteiger partial charge in [-0.2, -0.15) is 0 Å². The van der Waals surface area contributed by atoms with E-state index in [1.54, 1.807) is 0 Å². The lowest BCUT2D eigenvalue weighted by molar-refractivity contribution is -0.121. The fourth-order valence-corrected chi connectivity index (χ4v) is 3.17. The lowest BCUT2D eigenvalue weighted by Crippen LogP contribution is -2.45. The molecule has 1 amide bonds. The zero-order valence-corrected chi connectivity index (χ0v) is 11.2. The van der Waals surface area contributed by atoms with Gasteiger partial charge in [-0.05, 0) is 12.5 Å². The normalized spacial score (nSPS) is 11.2. The Bertz CT molecular complexity index is 278. The van der Waals surface area contributed by atoms with Gasteiger partial charge in [0, 0.05) is 26.7 Å². The van der Waals surface area contributed by atoms with Crippen molar-refractivity contribution in [2.75, 3.05) is 20.8 Å². The molecule has 0 aliphatic rings. The number of carbonyl (C=O) groups excluding carboxylic acids is 2. The number of hydrogen-bond donors (Lipinski definition) is 1. The van der Waals surface area contributed by atoms with Gasteiger partial charge in [0.15, 0.2) is 5.78 Å². The molecule has 0 spiro atoms. The minimum absolute atomic E-state index is 0.0463. The Labute approximate surface area is 102 Å². The summed E-state index contributed by atoms with van der Waals surface area (Å²) in [6.07, 6.45) is 2.18. The summed E-state index contributed by atoms with van der Waals surface area (Å²) >= 11 is 0. The molecular weight excluding hydrogens is 242 g/mol. The summed E-state index contributed by atoms with van der Waals surface area (Å²) in [5.74, 6) is -0.631. The van der Waals surface area contributed by atoms with E-state index in [1.807, 2.05) is 0 Å². The summed E-state index contributed by atoms with van der Waals surface area (Å²) < 4.78 is 15.7. The van der Waals surface area contributed by atoms with Crippen molar-refractivity contribution < 1.29 is 22.9 Å². The number of rotatable bonds is 10. The molecule has 98 valence electrons. The van der Waals surface area contributed by atoms with Gasteiger partial charge in [-0.1, -0.05) is 6.58 Å². The van der Waals surface area contributed by atoms with Crippen LogP contribution in [0.1, 0.15) is 12.8 Å². The summed E-state index contributed by atoms with van der Waals surface area (Å²) in [5.41, 5.74) is 4.99. The highest BCUT2D eigenvalue weighted by Crippen LogP contribution is 2.17. The lowest BCUT2D eigenvalue weighted by Gasteiger charge is -2.25. The molecule has 0 unspecified atom stereocenters. The minimum atomic E-state index is -2.87. The summed E-state index contributed by atoms with van der Waals surface area (Å²) in [6.45, 7) is 3.14. The molecule has 0 aromatic carbocycles. The Hall–Kier alpha value is -1.02. The van der Waals surface area contributed by atoms with Gasteiger partial charge in [-0.3, -0.25) is 9.59 Å². The molecule has 0 aliphatic carbocycles. The van der Waals surface area contributed by atoms with Gasteiger partial charge in [-0.25, -0.2) is 0 Å². The second-order valence-electron chi connectivity index (χ2n) is 3.37. The van der Waals surface area contributed by atoms with Gasteiger partial charge in [0.25, 0.3) is 0 Å². The molecule has 6 nitrogen and oxygen atoms in total. The minimum Gasteiger partial charge on any atom is -0.377 e. The third kappa shape index (κ3) is 6.32. The number of nitrogens with two attached hydrogens (primary N) is 1. The van der Waals surface area contributed by atoms with E-state index in [2.05, 4.69) is 6.58 Å². The quantitative estimate of drug-likeness (QED) is 0.450. The van der Waals surface area contributed by atoms with Crippen molar-refractivity contribution in [1.82, 2.24) is 0 Å². The molecule has 2 N–H and O–H groups in total. The Morgan fingerprint density at radius 1 is 1.35 bits per heavy atom. The Balaban J connectivity index is 4.24. The monoisotopic (exact) mass is 261 g/mol. The summed E-state index contributed by atoms with van der Waals surface area (Å²) in [5, 5.41) is 0. The molecule has 0 aliphatic heterocycles. The maximum atomic E-state index is 11.0. The van der Waals surface area contributed by atoms with Crippen LogP contribution in [0.4, 0.5) is 0 Å². The van der Waals surface area contributed by atoms with Crippen molar-refractivity contribution >= 4 is 20.5 Å². The van der Waals surface area contributed by atoms with Gasteiger partial charge in [0.05, 0.1) is 0 Å². The van der Waals surface area contributed by atoms with Gasteiger partial charge >= 0.3 is 8.80 Å². The maximum Gasteiger partial charge on any atom is 0.500 e. The summed E-state index contributed by atoms with van der Waals surface area (Å²) in [6, 6.07) is 0.451. The molecule has 0 saturated heterocycles. The van der Waals surface area contributed by atoms with E-state index >= 15 is 0 Å². The van der Waals surface area contributed by atoms with E-state index < -0.39 is 14.7 Å². The second kappa shape index (κ2) is 8.12. The predicted molar refractivity (Wildman–Crippen MR) is 64.2 cm³/mol. The zero-order valence-electron chi connectivity index (χ0n) is 10.2. The van der Waals surface area contributed by atoms with E-state index in [4.69, 9.17) is 19.0 Å². The molecule has 0 rings (SSSR count). The van der Waals surface area contributed by atoms with E-state index in [0.717, 1.165) is 0 Å². The molecular formula is C10H19NO5Si. The highest BCUT2D eigenvalue weighted by Gasteiger charge is 2.38. The van der Waals surface area contributed by atoms with Crippen LogP contribution in [-0.4, -0.2) is 41.3 Å². The maximum absolute atomic E-state index is 11.0. The highest BCUT2D eigenvalue weighted by atomic mass is 28.4. The van der Waals surface area contributed by atoms with Gasteiger partial charge in [0.2, 0.25) is 5.91 Å². The van der Waals surface area contributed by atoms with Crippen LogP contribution >= 0.6 is 0 Å². The Kier molecular flexibility index (Phi) is 7.64. The van der Waals surface area contributed by atoms with Crippen molar-refractivity contribution in [3.63, 3.8) is 0 Å². The molecule has 0 heterocycles. The van der Waals surface area contributed by atoms with Crippen LogP contribution < -0.4 is 5.73 Å². The SMILES string of the molecule is C=CC(=O)CCC[Si](OC)(OC)OCC(N)=O. The van der Waals surface area contributed by atoms with E-state index in [1.165, 1.54) is 20.3 Å². The average Bonchev–Trinajstić information content (AvgIpc) is 2.33. The first kappa shape index (κ1) is 16.0. The topological polar surface area (TPSA) is 87.8 Å². The van der Waals surface area contributed by atoms with Crippen LogP contribution in [0.5, 0.6) is 0 Å².